The Morgan fingerprint density at radius 3 is 2.65 bits per heavy atom. The number of aromatic nitrogens is 3. The first kappa shape index (κ1) is 15.2. The Morgan fingerprint density at radius 1 is 1.30 bits per heavy atom. The van der Waals surface area contributed by atoms with E-state index in [0.29, 0.717) is 6.04 Å². The van der Waals surface area contributed by atoms with Crippen molar-refractivity contribution in [2.24, 2.45) is 0 Å². The Hall–Kier alpha value is -1.18. The second kappa shape index (κ2) is 7.01. The lowest BCUT2D eigenvalue weighted by molar-refractivity contribution is 0.587. The van der Waals surface area contributed by atoms with Crippen LogP contribution < -0.4 is 10.2 Å². The Morgan fingerprint density at radius 2 is 2.10 bits per heavy atom. The molecule has 2 aromatic rings. The van der Waals surface area contributed by atoms with Gasteiger partial charge in [-0.2, -0.15) is 0 Å². The fraction of sp³-hybridized carbons (Fsp3) is 0.462. The van der Waals surface area contributed by atoms with Crippen LogP contribution in [0.2, 0.25) is 0 Å². The lowest BCUT2D eigenvalue weighted by Gasteiger charge is -2.07. The number of pyridine rings is 1. The minimum atomic E-state index is 0.481. The highest BCUT2D eigenvalue weighted by Crippen LogP contribution is 2.31. The van der Waals surface area contributed by atoms with Gasteiger partial charge in [0.15, 0.2) is 4.34 Å². The van der Waals surface area contributed by atoms with Crippen LogP contribution in [0, 0.1) is 0 Å². The summed E-state index contributed by atoms with van der Waals surface area (Å²) in [6, 6.07) is 4.60. The van der Waals surface area contributed by atoms with Crippen molar-refractivity contribution in [1.29, 1.82) is 0 Å². The number of hydrogen-bond donors (Lipinski definition) is 1. The molecule has 0 bridgehead atoms. The molecule has 0 saturated heterocycles. The molecule has 0 spiro atoms. The third-order valence-corrected chi connectivity index (χ3v) is 4.57. The quantitative estimate of drug-likeness (QED) is 0.885. The SMILES string of the molecule is CC(C)NCc1ccc(Sc2nnc(N(C)C)s2)nc1. The van der Waals surface area contributed by atoms with Crippen molar-refractivity contribution in [3.8, 4) is 0 Å². The highest BCUT2D eigenvalue weighted by molar-refractivity contribution is 8.01. The predicted octanol–water partition coefficient (Wildman–Crippen LogP) is 2.65. The molecular weight excluding hydrogens is 290 g/mol. The first-order chi connectivity index (χ1) is 9.54. The molecule has 0 saturated carbocycles. The molecule has 20 heavy (non-hydrogen) atoms. The molecule has 5 nitrogen and oxygen atoms in total. The Kier molecular flexibility index (Phi) is 5.33. The molecule has 0 amide bonds. The highest BCUT2D eigenvalue weighted by atomic mass is 32.2. The molecule has 0 aromatic carbocycles. The van der Waals surface area contributed by atoms with Gasteiger partial charge in [-0.05, 0) is 23.4 Å². The molecule has 0 radical (unpaired) electrons. The van der Waals surface area contributed by atoms with E-state index in [4.69, 9.17) is 0 Å². The van der Waals surface area contributed by atoms with Gasteiger partial charge in [-0.1, -0.05) is 31.3 Å². The summed E-state index contributed by atoms with van der Waals surface area (Å²) in [5, 5.41) is 13.5. The van der Waals surface area contributed by atoms with Crippen molar-refractivity contribution >= 4 is 28.2 Å². The van der Waals surface area contributed by atoms with Crippen LogP contribution in [0.5, 0.6) is 0 Å². The van der Waals surface area contributed by atoms with Crippen LogP contribution in [0.25, 0.3) is 0 Å². The maximum Gasteiger partial charge on any atom is 0.208 e. The second-order valence-corrected chi connectivity index (χ2v) is 7.11. The first-order valence-corrected chi connectivity index (χ1v) is 8.05. The molecule has 0 aliphatic carbocycles. The van der Waals surface area contributed by atoms with Crippen molar-refractivity contribution in [1.82, 2.24) is 20.5 Å². The van der Waals surface area contributed by atoms with Gasteiger partial charge >= 0.3 is 0 Å². The lowest BCUT2D eigenvalue weighted by Crippen LogP contribution is -2.21. The van der Waals surface area contributed by atoms with E-state index in [-0.39, 0.29) is 0 Å². The minimum absolute atomic E-state index is 0.481. The van der Waals surface area contributed by atoms with Crippen molar-refractivity contribution in [3.05, 3.63) is 23.9 Å². The maximum atomic E-state index is 4.45. The van der Waals surface area contributed by atoms with Crippen molar-refractivity contribution in [2.45, 2.75) is 35.8 Å². The highest BCUT2D eigenvalue weighted by Gasteiger charge is 2.08. The van der Waals surface area contributed by atoms with Gasteiger partial charge in [0, 0.05) is 32.9 Å². The van der Waals surface area contributed by atoms with Crippen LogP contribution in [-0.4, -0.2) is 35.3 Å². The van der Waals surface area contributed by atoms with Crippen LogP contribution in [0.3, 0.4) is 0 Å². The van der Waals surface area contributed by atoms with E-state index < -0.39 is 0 Å². The topological polar surface area (TPSA) is 53.9 Å². The molecule has 1 N–H and O–H groups in total. The summed E-state index contributed by atoms with van der Waals surface area (Å²) in [5.41, 5.74) is 1.19. The third kappa shape index (κ3) is 4.43. The summed E-state index contributed by atoms with van der Waals surface area (Å²) in [6.45, 7) is 5.12. The second-order valence-electron chi connectivity index (χ2n) is 4.89. The fourth-order valence-electron chi connectivity index (χ4n) is 1.41. The minimum Gasteiger partial charge on any atom is -0.353 e. The summed E-state index contributed by atoms with van der Waals surface area (Å²) in [7, 11) is 3.92. The smallest absolute Gasteiger partial charge is 0.208 e. The van der Waals surface area contributed by atoms with E-state index in [0.717, 1.165) is 21.0 Å². The van der Waals surface area contributed by atoms with E-state index in [1.54, 1.807) is 23.1 Å². The molecule has 2 rings (SSSR count). The summed E-state index contributed by atoms with van der Waals surface area (Å²) in [5.74, 6) is 0. The zero-order valence-electron chi connectivity index (χ0n) is 12.1. The van der Waals surface area contributed by atoms with Gasteiger partial charge < -0.3 is 10.2 Å². The van der Waals surface area contributed by atoms with Crippen LogP contribution in [0.1, 0.15) is 19.4 Å². The summed E-state index contributed by atoms with van der Waals surface area (Å²) in [4.78, 5) is 6.41. The van der Waals surface area contributed by atoms with Crippen LogP contribution in [-0.2, 0) is 6.54 Å². The van der Waals surface area contributed by atoms with Gasteiger partial charge in [0.25, 0.3) is 0 Å². The van der Waals surface area contributed by atoms with E-state index >= 15 is 0 Å². The molecule has 0 atom stereocenters. The van der Waals surface area contributed by atoms with E-state index in [1.165, 1.54) is 5.56 Å². The number of nitrogens with one attached hydrogen (secondary N) is 1. The summed E-state index contributed by atoms with van der Waals surface area (Å²) < 4.78 is 0.911. The molecule has 2 aromatic heterocycles. The van der Waals surface area contributed by atoms with Gasteiger partial charge in [-0.25, -0.2) is 4.98 Å². The summed E-state index contributed by atoms with van der Waals surface area (Å²) >= 11 is 3.11. The predicted molar refractivity (Wildman–Crippen MR) is 84.6 cm³/mol. The molecule has 7 heteroatoms. The molecule has 0 unspecified atom stereocenters. The lowest BCUT2D eigenvalue weighted by atomic mass is 10.2. The normalized spacial score (nSPS) is 11.1. The van der Waals surface area contributed by atoms with Gasteiger partial charge in [0.1, 0.15) is 5.03 Å². The van der Waals surface area contributed by atoms with Crippen LogP contribution in [0.15, 0.2) is 27.7 Å². The fourth-order valence-corrected chi connectivity index (χ4v) is 3.06. The molecule has 108 valence electrons. The Labute approximate surface area is 127 Å². The molecule has 0 aliphatic rings. The number of nitrogens with zero attached hydrogens (tertiary/aromatic N) is 4. The number of anilines is 1. The molecule has 2 heterocycles. The number of hydrogen-bond acceptors (Lipinski definition) is 7. The first-order valence-electron chi connectivity index (χ1n) is 6.41. The van der Waals surface area contributed by atoms with Crippen LogP contribution >= 0.6 is 23.1 Å². The summed E-state index contributed by atoms with van der Waals surface area (Å²) in [6.07, 6.45) is 1.91. The van der Waals surface area contributed by atoms with E-state index in [1.807, 2.05) is 31.3 Å². The van der Waals surface area contributed by atoms with Gasteiger partial charge in [0.05, 0.1) is 0 Å². The van der Waals surface area contributed by atoms with Crippen molar-refractivity contribution in [3.63, 3.8) is 0 Å². The van der Waals surface area contributed by atoms with E-state index in [2.05, 4.69) is 40.4 Å². The van der Waals surface area contributed by atoms with E-state index in [9.17, 15) is 0 Å². The van der Waals surface area contributed by atoms with Gasteiger partial charge in [0.2, 0.25) is 5.13 Å². The third-order valence-electron chi connectivity index (χ3n) is 2.48. The zero-order valence-corrected chi connectivity index (χ0v) is 13.8. The van der Waals surface area contributed by atoms with Gasteiger partial charge in [-0.15, -0.1) is 10.2 Å². The Bertz CT molecular complexity index is 536. The average molecular weight is 309 g/mol. The van der Waals surface area contributed by atoms with Crippen molar-refractivity contribution < 1.29 is 0 Å². The molecule has 0 aliphatic heterocycles. The van der Waals surface area contributed by atoms with Gasteiger partial charge in [-0.3, -0.25) is 0 Å². The van der Waals surface area contributed by atoms with Crippen LogP contribution in [0.4, 0.5) is 5.13 Å². The average Bonchev–Trinajstić information content (AvgIpc) is 2.86. The molecular formula is C13H19N5S2. The molecule has 0 fully saturated rings. The maximum absolute atomic E-state index is 4.45. The van der Waals surface area contributed by atoms with Crippen molar-refractivity contribution in [2.75, 3.05) is 19.0 Å². The largest absolute Gasteiger partial charge is 0.353 e. The zero-order chi connectivity index (χ0) is 14.5. The number of rotatable bonds is 6. The Balaban J connectivity index is 1.95. The monoisotopic (exact) mass is 309 g/mol. The standard InChI is InChI=1S/C13H19N5S2/c1-9(2)14-7-10-5-6-11(15-8-10)19-13-17-16-12(20-13)18(3)4/h5-6,8-9,14H,7H2,1-4H3.